The minimum atomic E-state index is -0.798. The normalized spacial score (nSPS) is 12.9. The van der Waals surface area contributed by atoms with Crippen molar-refractivity contribution in [2.75, 3.05) is 39.1 Å². The third kappa shape index (κ3) is 3.68. The van der Waals surface area contributed by atoms with Crippen LogP contribution in [-0.4, -0.2) is 44.2 Å². The highest BCUT2D eigenvalue weighted by molar-refractivity contribution is 5.54. The van der Waals surface area contributed by atoms with E-state index in [2.05, 4.69) is 4.90 Å². The Morgan fingerprint density at radius 2 is 1.88 bits per heavy atom. The van der Waals surface area contributed by atoms with Crippen molar-refractivity contribution in [3.05, 3.63) is 29.6 Å². The molecule has 1 rings (SSSR count). The van der Waals surface area contributed by atoms with Gasteiger partial charge in [-0.3, -0.25) is 0 Å². The topological polar surface area (TPSA) is 26.7 Å². The number of rotatable bonds is 5. The quantitative estimate of drug-likeness (QED) is 0.851. The van der Waals surface area contributed by atoms with Crippen molar-refractivity contribution in [2.45, 2.75) is 13.0 Å². The summed E-state index contributed by atoms with van der Waals surface area (Å²) >= 11 is 0. The van der Waals surface area contributed by atoms with E-state index in [9.17, 15) is 9.50 Å². The number of aliphatic hydroxyl groups is 1. The fourth-order valence-corrected chi connectivity index (χ4v) is 1.74. The zero-order valence-electron chi connectivity index (χ0n) is 10.9. The summed E-state index contributed by atoms with van der Waals surface area (Å²) in [5.41, 5.74) is 1.12. The minimum absolute atomic E-state index is 0.353. The first-order valence-corrected chi connectivity index (χ1v) is 5.75. The molecule has 1 N–H and O–H groups in total. The number of nitrogens with zero attached hydrogens (tertiary/aromatic N) is 2. The molecule has 1 atom stereocenters. The molecule has 0 heterocycles. The summed E-state index contributed by atoms with van der Waals surface area (Å²) < 4.78 is 13.7. The number of anilines is 1. The van der Waals surface area contributed by atoms with E-state index in [1.54, 1.807) is 13.0 Å². The standard InChI is InChI=1S/C13H21FN2O/c1-10(17)13-11(14)6-5-7-12(13)16(4)9-8-15(2)3/h5-7,10,17H,8-9H2,1-4H3/t10-/m0/s1. The summed E-state index contributed by atoms with van der Waals surface area (Å²) in [5.74, 6) is -0.353. The monoisotopic (exact) mass is 240 g/mol. The van der Waals surface area contributed by atoms with Gasteiger partial charge in [0.2, 0.25) is 0 Å². The van der Waals surface area contributed by atoms with Crippen LogP contribution in [0.15, 0.2) is 18.2 Å². The fourth-order valence-electron chi connectivity index (χ4n) is 1.74. The predicted molar refractivity (Wildman–Crippen MR) is 68.9 cm³/mol. The van der Waals surface area contributed by atoms with Crippen LogP contribution in [0.3, 0.4) is 0 Å². The maximum Gasteiger partial charge on any atom is 0.131 e. The van der Waals surface area contributed by atoms with Gasteiger partial charge in [-0.05, 0) is 33.2 Å². The average Bonchev–Trinajstić information content (AvgIpc) is 2.24. The molecule has 0 unspecified atom stereocenters. The van der Waals surface area contributed by atoms with Gasteiger partial charge in [-0.15, -0.1) is 0 Å². The summed E-state index contributed by atoms with van der Waals surface area (Å²) in [5, 5.41) is 9.63. The van der Waals surface area contributed by atoms with Gasteiger partial charge in [-0.1, -0.05) is 6.07 Å². The van der Waals surface area contributed by atoms with Crippen LogP contribution < -0.4 is 4.90 Å². The van der Waals surface area contributed by atoms with Crippen molar-refractivity contribution < 1.29 is 9.50 Å². The van der Waals surface area contributed by atoms with E-state index in [0.29, 0.717) is 5.56 Å². The Morgan fingerprint density at radius 1 is 1.24 bits per heavy atom. The molecule has 0 bridgehead atoms. The molecule has 0 aliphatic carbocycles. The Bertz CT molecular complexity index is 366. The van der Waals surface area contributed by atoms with Gasteiger partial charge in [-0.25, -0.2) is 4.39 Å². The van der Waals surface area contributed by atoms with Gasteiger partial charge in [0.15, 0.2) is 0 Å². The second-order valence-electron chi connectivity index (χ2n) is 4.57. The molecule has 3 nitrogen and oxygen atoms in total. The van der Waals surface area contributed by atoms with Crippen LogP contribution in [0.1, 0.15) is 18.6 Å². The van der Waals surface area contributed by atoms with Crippen molar-refractivity contribution in [2.24, 2.45) is 0 Å². The van der Waals surface area contributed by atoms with E-state index in [-0.39, 0.29) is 5.82 Å². The lowest BCUT2D eigenvalue weighted by molar-refractivity contribution is 0.194. The molecule has 17 heavy (non-hydrogen) atoms. The number of hydrogen-bond donors (Lipinski definition) is 1. The predicted octanol–water partition coefficient (Wildman–Crippen LogP) is 1.88. The second kappa shape index (κ2) is 5.98. The van der Waals surface area contributed by atoms with Crippen LogP contribution in [-0.2, 0) is 0 Å². The van der Waals surface area contributed by atoms with Crippen molar-refractivity contribution in [3.8, 4) is 0 Å². The summed E-state index contributed by atoms with van der Waals surface area (Å²) in [4.78, 5) is 4.03. The Morgan fingerprint density at radius 3 is 2.41 bits per heavy atom. The van der Waals surface area contributed by atoms with Gasteiger partial charge in [-0.2, -0.15) is 0 Å². The average molecular weight is 240 g/mol. The fraction of sp³-hybridized carbons (Fsp3) is 0.538. The van der Waals surface area contributed by atoms with Crippen molar-refractivity contribution in [1.29, 1.82) is 0 Å². The van der Waals surface area contributed by atoms with Crippen LogP contribution in [0.25, 0.3) is 0 Å². The molecule has 0 radical (unpaired) electrons. The molecule has 0 spiro atoms. The molecule has 1 aromatic carbocycles. The van der Waals surface area contributed by atoms with Gasteiger partial charge in [0, 0.05) is 31.4 Å². The summed E-state index contributed by atoms with van der Waals surface area (Å²) in [6, 6.07) is 4.88. The van der Waals surface area contributed by atoms with Crippen molar-refractivity contribution in [3.63, 3.8) is 0 Å². The third-order valence-electron chi connectivity index (χ3n) is 2.74. The first-order chi connectivity index (χ1) is 7.93. The molecule has 96 valence electrons. The SMILES string of the molecule is C[C@H](O)c1c(F)cccc1N(C)CCN(C)C. The van der Waals surface area contributed by atoms with Crippen LogP contribution in [0.2, 0.25) is 0 Å². The highest BCUT2D eigenvalue weighted by atomic mass is 19.1. The first kappa shape index (κ1) is 13.9. The molecule has 0 fully saturated rings. The van der Waals surface area contributed by atoms with Gasteiger partial charge in [0.1, 0.15) is 5.82 Å². The molecule has 0 aliphatic heterocycles. The van der Waals surface area contributed by atoms with Crippen LogP contribution in [0, 0.1) is 5.82 Å². The Labute approximate surface area is 102 Å². The highest BCUT2D eigenvalue weighted by Gasteiger charge is 2.15. The van der Waals surface area contributed by atoms with Crippen LogP contribution >= 0.6 is 0 Å². The number of hydrogen-bond acceptors (Lipinski definition) is 3. The van der Waals surface area contributed by atoms with E-state index in [0.717, 1.165) is 18.8 Å². The van der Waals surface area contributed by atoms with Crippen molar-refractivity contribution >= 4 is 5.69 Å². The summed E-state index contributed by atoms with van der Waals surface area (Å²) in [6.07, 6.45) is -0.798. The molecule has 0 amide bonds. The second-order valence-corrected chi connectivity index (χ2v) is 4.57. The number of halogens is 1. The van der Waals surface area contributed by atoms with E-state index in [4.69, 9.17) is 0 Å². The molecule has 0 aromatic heterocycles. The lowest BCUT2D eigenvalue weighted by Crippen LogP contribution is -2.29. The van der Waals surface area contributed by atoms with E-state index < -0.39 is 6.10 Å². The molecule has 4 heteroatoms. The number of benzene rings is 1. The smallest absolute Gasteiger partial charge is 0.131 e. The maximum absolute atomic E-state index is 13.7. The molecular weight excluding hydrogens is 219 g/mol. The van der Waals surface area contributed by atoms with E-state index in [1.165, 1.54) is 6.07 Å². The lowest BCUT2D eigenvalue weighted by atomic mass is 10.1. The molecular formula is C13H21FN2O. The van der Waals surface area contributed by atoms with Crippen LogP contribution in [0.5, 0.6) is 0 Å². The highest BCUT2D eigenvalue weighted by Crippen LogP contribution is 2.27. The summed E-state index contributed by atoms with van der Waals surface area (Å²) in [6.45, 7) is 3.25. The first-order valence-electron chi connectivity index (χ1n) is 5.75. The Hall–Kier alpha value is -1.13. The van der Waals surface area contributed by atoms with Gasteiger partial charge in [0.25, 0.3) is 0 Å². The zero-order valence-corrected chi connectivity index (χ0v) is 10.9. The zero-order chi connectivity index (χ0) is 13.0. The van der Waals surface area contributed by atoms with Crippen LogP contribution in [0.4, 0.5) is 10.1 Å². The molecule has 0 aliphatic rings. The van der Waals surface area contributed by atoms with E-state index >= 15 is 0 Å². The lowest BCUT2D eigenvalue weighted by Gasteiger charge is -2.25. The van der Waals surface area contributed by atoms with E-state index in [1.807, 2.05) is 32.1 Å². The largest absolute Gasteiger partial charge is 0.389 e. The Balaban J connectivity index is 2.92. The number of aliphatic hydroxyl groups excluding tert-OH is 1. The van der Waals surface area contributed by atoms with Gasteiger partial charge >= 0.3 is 0 Å². The summed E-state index contributed by atoms with van der Waals surface area (Å²) in [7, 11) is 5.90. The van der Waals surface area contributed by atoms with Gasteiger partial charge < -0.3 is 14.9 Å². The molecule has 0 saturated heterocycles. The van der Waals surface area contributed by atoms with Gasteiger partial charge in [0.05, 0.1) is 6.10 Å². The minimum Gasteiger partial charge on any atom is -0.389 e. The molecule has 1 aromatic rings. The van der Waals surface area contributed by atoms with Crippen molar-refractivity contribution in [1.82, 2.24) is 4.90 Å². The molecule has 0 saturated carbocycles. The third-order valence-corrected chi connectivity index (χ3v) is 2.74. The maximum atomic E-state index is 13.7. The Kier molecular flexibility index (Phi) is 4.90. The number of likely N-dealkylation sites (N-methyl/N-ethyl adjacent to an activating group) is 2.